The summed E-state index contributed by atoms with van der Waals surface area (Å²) >= 11 is 6.02. The van der Waals surface area contributed by atoms with Crippen molar-refractivity contribution < 1.29 is 4.79 Å². The molecule has 0 unspecified atom stereocenters. The molecule has 0 saturated carbocycles. The van der Waals surface area contributed by atoms with Crippen LogP contribution in [0.2, 0.25) is 5.02 Å². The molecule has 7 nitrogen and oxygen atoms in total. The number of halogens is 1. The minimum absolute atomic E-state index is 0.00326. The number of aromatic nitrogens is 3. The van der Waals surface area contributed by atoms with Gasteiger partial charge in [0.25, 0.3) is 5.91 Å². The average molecular weight is 409 g/mol. The molecule has 29 heavy (non-hydrogen) atoms. The van der Waals surface area contributed by atoms with Gasteiger partial charge >= 0.3 is 0 Å². The maximum absolute atomic E-state index is 12.7. The van der Waals surface area contributed by atoms with Crippen molar-refractivity contribution in [2.24, 2.45) is 0 Å². The topological polar surface area (TPSA) is 74.2 Å². The first-order chi connectivity index (χ1) is 14.1. The number of rotatable bonds is 4. The van der Waals surface area contributed by atoms with Crippen LogP contribution in [0.4, 0.5) is 17.5 Å². The van der Waals surface area contributed by atoms with Gasteiger partial charge in [0.2, 0.25) is 0 Å². The summed E-state index contributed by atoms with van der Waals surface area (Å²) in [6.45, 7) is 4.51. The first-order valence-corrected chi connectivity index (χ1v) is 9.80. The van der Waals surface area contributed by atoms with E-state index >= 15 is 0 Å². The van der Waals surface area contributed by atoms with Crippen LogP contribution in [-0.2, 0) is 0 Å². The van der Waals surface area contributed by atoms with Crippen molar-refractivity contribution in [3.63, 3.8) is 0 Å². The molecule has 3 heterocycles. The Morgan fingerprint density at radius 3 is 2.55 bits per heavy atom. The molecule has 148 valence electrons. The summed E-state index contributed by atoms with van der Waals surface area (Å²) in [6.07, 6.45) is 1.73. The molecule has 1 saturated heterocycles. The van der Waals surface area contributed by atoms with Crippen LogP contribution in [0.1, 0.15) is 16.2 Å². The van der Waals surface area contributed by atoms with Gasteiger partial charge in [0.1, 0.15) is 23.3 Å². The largest absolute Gasteiger partial charge is 0.353 e. The van der Waals surface area contributed by atoms with Crippen molar-refractivity contribution in [2.75, 3.05) is 36.4 Å². The van der Waals surface area contributed by atoms with E-state index in [0.29, 0.717) is 48.4 Å². The van der Waals surface area contributed by atoms with Gasteiger partial charge in [0.15, 0.2) is 0 Å². The third-order valence-electron chi connectivity index (χ3n) is 4.71. The molecule has 3 aromatic rings. The lowest BCUT2D eigenvalue weighted by atomic mass is 10.2. The highest BCUT2D eigenvalue weighted by atomic mass is 35.5. The fraction of sp³-hybridized carbons (Fsp3) is 0.238. The zero-order valence-corrected chi connectivity index (χ0v) is 16.8. The first kappa shape index (κ1) is 19.1. The Hall–Kier alpha value is -3.19. The minimum atomic E-state index is 0.00326. The monoisotopic (exact) mass is 408 g/mol. The van der Waals surface area contributed by atoms with E-state index in [1.807, 2.05) is 36.1 Å². The number of benzene rings is 1. The smallest absolute Gasteiger partial charge is 0.254 e. The van der Waals surface area contributed by atoms with E-state index in [1.54, 1.807) is 30.5 Å². The van der Waals surface area contributed by atoms with Gasteiger partial charge in [-0.3, -0.25) is 4.79 Å². The molecule has 1 fully saturated rings. The third kappa shape index (κ3) is 4.63. The number of carbonyl (C=O) groups excluding carboxylic acids is 1. The summed E-state index contributed by atoms with van der Waals surface area (Å²) in [5.41, 5.74) is 0.616. The predicted molar refractivity (Wildman–Crippen MR) is 114 cm³/mol. The number of nitrogens with zero attached hydrogens (tertiary/aromatic N) is 5. The van der Waals surface area contributed by atoms with Gasteiger partial charge in [-0.1, -0.05) is 23.7 Å². The number of piperazine rings is 1. The summed E-state index contributed by atoms with van der Waals surface area (Å²) in [5, 5.41) is 3.78. The molecule has 4 rings (SSSR count). The molecule has 0 atom stereocenters. The molecule has 1 aromatic carbocycles. The van der Waals surface area contributed by atoms with Crippen LogP contribution in [-0.4, -0.2) is 51.9 Å². The number of hydrogen-bond donors (Lipinski definition) is 1. The molecule has 1 amide bonds. The van der Waals surface area contributed by atoms with E-state index in [2.05, 4.69) is 25.2 Å². The van der Waals surface area contributed by atoms with Crippen LogP contribution in [0.15, 0.2) is 54.7 Å². The van der Waals surface area contributed by atoms with Gasteiger partial charge < -0.3 is 15.1 Å². The molecule has 1 N–H and O–H groups in total. The maximum atomic E-state index is 12.7. The minimum Gasteiger partial charge on any atom is -0.353 e. The van der Waals surface area contributed by atoms with Crippen LogP contribution in [0.5, 0.6) is 0 Å². The lowest BCUT2D eigenvalue weighted by Crippen LogP contribution is -2.49. The third-order valence-corrected chi connectivity index (χ3v) is 4.94. The van der Waals surface area contributed by atoms with Crippen LogP contribution in [0, 0.1) is 6.92 Å². The Morgan fingerprint density at radius 2 is 1.83 bits per heavy atom. The zero-order chi connectivity index (χ0) is 20.2. The van der Waals surface area contributed by atoms with Crippen molar-refractivity contribution in [3.8, 4) is 0 Å². The molecule has 0 aliphatic carbocycles. The normalized spacial score (nSPS) is 14.0. The number of nitrogens with one attached hydrogen (secondary N) is 1. The number of pyridine rings is 1. The number of amides is 1. The van der Waals surface area contributed by atoms with Crippen molar-refractivity contribution in [1.82, 2.24) is 19.9 Å². The zero-order valence-electron chi connectivity index (χ0n) is 16.0. The lowest BCUT2D eigenvalue weighted by molar-refractivity contribution is 0.0746. The average Bonchev–Trinajstić information content (AvgIpc) is 2.74. The highest BCUT2D eigenvalue weighted by molar-refractivity contribution is 6.30. The molecule has 8 heteroatoms. The Bertz CT molecular complexity index is 1010. The van der Waals surface area contributed by atoms with E-state index in [4.69, 9.17) is 11.6 Å². The van der Waals surface area contributed by atoms with Crippen molar-refractivity contribution in [1.29, 1.82) is 0 Å². The van der Waals surface area contributed by atoms with E-state index in [0.717, 1.165) is 11.6 Å². The molecular formula is C21H21ClN6O. The standard InChI is InChI=1S/C21H21ClN6O/c1-15-24-19(26-18-7-2-3-8-23-18)14-20(25-15)27-9-11-28(12-10-27)21(29)16-5-4-6-17(22)13-16/h2-8,13-14H,9-12H2,1H3,(H,23,24,25,26). The van der Waals surface area contributed by atoms with Gasteiger partial charge in [-0.15, -0.1) is 0 Å². The van der Waals surface area contributed by atoms with Crippen molar-refractivity contribution in [2.45, 2.75) is 6.92 Å². The van der Waals surface area contributed by atoms with Gasteiger partial charge in [0, 0.05) is 49.0 Å². The Kier molecular flexibility index (Phi) is 5.57. The van der Waals surface area contributed by atoms with E-state index in [9.17, 15) is 4.79 Å². The van der Waals surface area contributed by atoms with Crippen LogP contribution >= 0.6 is 11.6 Å². The summed E-state index contributed by atoms with van der Waals surface area (Å²) in [6, 6.07) is 14.7. The Labute approximate surface area is 174 Å². The number of anilines is 3. The Morgan fingerprint density at radius 1 is 1.00 bits per heavy atom. The summed E-state index contributed by atoms with van der Waals surface area (Å²) in [5.74, 6) is 2.95. The molecule has 1 aliphatic heterocycles. The van der Waals surface area contributed by atoms with E-state index in [-0.39, 0.29) is 5.91 Å². The van der Waals surface area contributed by atoms with Gasteiger partial charge in [-0.2, -0.15) is 0 Å². The van der Waals surface area contributed by atoms with Crippen molar-refractivity contribution in [3.05, 3.63) is 71.1 Å². The quantitative estimate of drug-likeness (QED) is 0.711. The maximum Gasteiger partial charge on any atom is 0.254 e. The Balaban J connectivity index is 1.43. The van der Waals surface area contributed by atoms with Gasteiger partial charge in [-0.05, 0) is 37.3 Å². The second kappa shape index (κ2) is 8.45. The second-order valence-electron chi connectivity index (χ2n) is 6.79. The molecule has 0 radical (unpaired) electrons. The van der Waals surface area contributed by atoms with Crippen LogP contribution < -0.4 is 10.2 Å². The van der Waals surface area contributed by atoms with Crippen LogP contribution in [0.25, 0.3) is 0 Å². The summed E-state index contributed by atoms with van der Waals surface area (Å²) in [4.78, 5) is 30.0. The highest BCUT2D eigenvalue weighted by Crippen LogP contribution is 2.21. The summed E-state index contributed by atoms with van der Waals surface area (Å²) < 4.78 is 0. The second-order valence-corrected chi connectivity index (χ2v) is 7.22. The van der Waals surface area contributed by atoms with Gasteiger partial charge in [-0.25, -0.2) is 15.0 Å². The molecule has 0 bridgehead atoms. The number of carbonyl (C=O) groups is 1. The van der Waals surface area contributed by atoms with E-state index in [1.165, 1.54) is 0 Å². The SMILES string of the molecule is Cc1nc(Nc2ccccn2)cc(N2CCN(C(=O)c3cccc(Cl)c3)CC2)n1. The first-order valence-electron chi connectivity index (χ1n) is 9.42. The predicted octanol–water partition coefficient (Wildman–Crippen LogP) is 3.54. The van der Waals surface area contributed by atoms with Crippen molar-refractivity contribution >= 4 is 35.0 Å². The van der Waals surface area contributed by atoms with Gasteiger partial charge in [0.05, 0.1) is 0 Å². The molecule has 1 aliphatic rings. The van der Waals surface area contributed by atoms with E-state index < -0.39 is 0 Å². The fourth-order valence-electron chi connectivity index (χ4n) is 3.29. The number of hydrogen-bond acceptors (Lipinski definition) is 6. The number of aryl methyl sites for hydroxylation is 1. The highest BCUT2D eigenvalue weighted by Gasteiger charge is 2.23. The summed E-state index contributed by atoms with van der Waals surface area (Å²) in [7, 11) is 0. The molecular weight excluding hydrogens is 388 g/mol. The molecule has 2 aromatic heterocycles. The van der Waals surface area contributed by atoms with Crippen LogP contribution in [0.3, 0.4) is 0 Å². The molecule has 0 spiro atoms. The lowest BCUT2D eigenvalue weighted by Gasteiger charge is -2.35. The fourth-order valence-corrected chi connectivity index (χ4v) is 3.48.